The molecule has 0 amide bonds. The standard InChI is InChI=1S/C20H21ClFN5O/c1-12(2)18(11-28)26-20-25-16(13-5-7-23-8-6-13)10-19(27-20)24-17-9-14(21)3-4-15(17)22/h3-10,12,18,28H,11H2,1-2H3,(H2,24,25,26,27)/t18-/m1/s1. The number of nitrogens with zero attached hydrogens (tertiary/aromatic N) is 3. The van der Waals surface area contributed by atoms with Gasteiger partial charge in [-0.1, -0.05) is 25.4 Å². The highest BCUT2D eigenvalue weighted by Crippen LogP contribution is 2.26. The van der Waals surface area contributed by atoms with Gasteiger partial charge >= 0.3 is 0 Å². The second-order valence-electron chi connectivity index (χ2n) is 6.62. The molecule has 0 aliphatic heterocycles. The number of pyridine rings is 1. The van der Waals surface area contributed by atoms with E-state index >= 15 is 0 Å². The average Bonchev–Trinajstić information content (AvgIpc) is 2.69. The molecule has 0 unspecified atom stereocenters. The van der Waals surface area contributed by atoms with Gasteiger partial charge in [0.05, 0.1) is 24.0 Å². The molecule has 2 heterocycles. The molecule has 28 heavy (non-hydrogen) atoms. The fraction of sp³-hybridized carbons (Fsp3) is 0.250. The molecule has 3 N–H and O–H groups in total. The Morgan fingerprint density at radius 1 is 1.11 bits per heavy atom. The first-order valence-electron chi connectivity index (χ1n) is 8.85. The number of hydrogen-bond donors (Lipinski definition) is 3. The number of aliphatic hydroxyl groups is 1. The zero-order chi connectivity index (χ0) is 20.1. The predicted molar refractivity (Wildman–Crippen MR) is 109 cm³/mol. The van der Waals surface area contributed by atoms with Gasteiger partial charge in [0, 0.05) is 29.0 Å². The highest BCUT2D eigenvalue weighted by molar-refractivity contribution is 6.30. The van der Waals surface area contributed by atoms with Crippen LogP contribution in [0.15, 0.2) is 48.8 Å². The maximum atomic E-state index is 14.1. The van der Waals surface area contributed by atoms with Crippen LogP contribution in [0.2, 0.25) is 5.02 Å². The van der Waals surface area contributed by atoms with Gasteiger partial charge in [0.1, 0.15) is 11.6 Å². The molecule has 0 spiro atoms. The summed E-state index contributed by atoms with van der Waals surface area (Å²) < 4.78 is 14.1. The van der Waals surface area contributed by atoms with Crippen molar-refractivity contribution in [3.8, 4) is 11.3 Å². The molecule has 0 saturated heterocycles. The van der Waals surface area contributed by atoms with Gasteiger partial charge in [0.2, 0.25) is 5.95 Å². The van der Waals surface area contributed by atoms with E-state index in [2.05, 4.69) is 25.6 Å². The number of halogens is 2. The molecule has 0 fully saturated rings. The summed E-state index contributed by atoms with van der Waals surface area (Å²) >= 11 is 5.98. The summed E-state index contributed by atoms with van der Waals surface area (Å²) in [5, 5.41) is 16.1. The van der Waals surface area contributed by atoms with Crippen LogP contribution in [0.3, 0.4) is 0 Å². The molecular formula is C20H21ClFN5O. The van der Waals surface area contributed by atoms with Crippen molar-refractivity contribution in [1.29, 1.82) is 0 Å². The molecule has 6 nitrogen and oxygen atoms in total. The van der Waals surface area contributed by atoms with Crippen molar-refractivity contribution in [2.45, 2.75) is 19.9 Å². The van der Waals surface area contributed by atoms with Gasteiger partial charge < -0.3 is 15.7 Å². The van der Waals surface area contributed by atoms with Crippen molar-refractivity contribution < 1.29 is 9.50 Å². The Morgan fingerprint density at radius 3 is 2.54 bits per heavy atom. The van der Waals surface area contributed by atoms with E-state index < -0.39 is 5.82 Å². The Kier molecular flexibility index (Phi) is 6.38. The van der Waals surface area contributed by atoms with Crippen LogP contribution >= 0.6 is 11.6 Å². The van der Waals surface area contributed by atoms with Crippen molar-refractivity contribution in [2.24, 2.45) is 5.92 Å². The first-order chi connectivity index (χ1) is 13.5. The van der Waals surface area contributed by atoms with E-state index in [0.717, 1.165) is 5.56 Å². The molecule has 3 rings (SSSR count). The van der Waals surface area contributed by atoms with Gasteiger partial charge in [-0.3, -0.25) is 4.98 Å². The lowest BCUT2D eigenvalue weighted by Crippen LogP contribution is -2.30. The van der Waals surface area contributed by atoms with Crippen LogP contribution in [-0.4, -0.2) is 32.7 Å². The number of benzene rings is 1. The van der Waals surface area contributed by atoms with Crippen LogP contribution in [-0.2, 0) is 0 Å². The highest BCUT2D eigenvalue weighted by Gasteiger charge is 2.15. The second-order valence-corrected chi connectivity index (χ2v) is 7.06. The molecule has 0 saturated carbocycles. The monoisotopic (exact) mass is 401 g/mol. The Hall–Kier alpha value is -2.77. The predicted octanol–water partition coefficient (Wildman–Crippen LogP) is 4.50. The third-order valence-corrected chi connectivity index (χ3v) is 4.44. The minimum Gasteiger partial charge on any atom is -0.394 e. The molecule has 146 valence electrons. The number of aliphatic hydroxyl groups excluding tert-OH is 1. The summed E-state index contributed by atoms with van der Waals surface area (Å²) in [6, 6.07) is 9.39. The fourth-order valence-electron chi connectivity index (χ4n) is 2.57. The molecular weight excluding hydrogens is 381 g/mol. The van der Waals surface area contributed by atoms with E-state index in [9.17, 15) is 9.50 Å². The van der Waals surface area contributed by atoms with Gasteiger partial charge in [0.15, 0.2) is 0 Å². The molecule has 0 radical (unpaired) electrons. The van der Waals surface area contributed by atoms with Crippen LogP contribution in [0.1, 0.15) is 13.8 Å². The van der Waals surface area contributed by atoms with Crippen LogP contribution in [0.5, 0.6) is 0 Å². The van der Waals surface area contributed by atoms with Crippen molar-refractivity contribution in [2.75, 3.05) is 17.2 Å². The van der Waals surface area contributed by atoms with E-state index in [4.69, 9.17) is 11.6 Å². The van der Waals surface area contributed by atoms with Crippen LogP contribution in [0, 0.1) is 11.7 Å². The minimum absolute atomic E-state index is 0.0633. The number of rotatable bonds is 7. The van der Waals surface area contributed by atoms with Gasteiger partial charge in [0.25, 0.3) is 0 Å². The summed E-state index contributed by atoms with van der Waals surface area (Å²) in [5.41, 5.74) is 1.67. The second kappa shape index (κ2) is 8.95. The van der Waals surface area contributed by atoms with E-state index in [1.165, 1.54) is 18.2 Å². The van der Waals surface area contributed by atoms with Gasteiger partial charge in [-0.2, -0.15) is 4.98 Å². The topological polar surface area (TPSA) is 83.0 Å². The lowest BCUT2D eigenvalue weighted by atomic mass is 10.1. The van der Waals surface area contributed by atoms with Crippen LogP contribution < -0.4 is 10.6 Å². The summed E-state index contributed by atoms with van der Waals surface area (Å²) in [5.74, 6) is 0.441. The summed E-state index contributed by atoms with van der Waals surface area (Å²) in [7, 11) is 0. The third-order valence-electron chi connectivity index (χ3n) is 4.21. The van der Waals surface area contributed by atoms with Gasteiger partial charge in [-0.15, -0.1) is 0 Å². The van der Waals surface area contributed by atoms with Crippen molar-refractivity contribution in [3.63, 3.8) is 0 Å². The molecule has 1 atom stereocenters. The summed E-state index contributed by atoms with van der Waals surface area (Å²) in [6.07, 6.45) is 3.33. The smallest absolute Gasteiger partial charge is 0.225 e. The van der Waals surface area contributed by atoms with Gasteiger partial charge in [-0.25, -0.2) is 9.37 Å². The maximum absolute atomic E-state index is 14.1. The Labute approximate surface area is 167 Å². The normalized spacial score (nSPS) is 12.1. The van der Waals surface area contributed by atoms with Crippen LogP contribution in [0.4, 0.5) is 21.8 Å². The molecule has 2 aromatic heterocycles. The lowest BCUT2D eigenvalue weighted by molar-refractivity contribution is 0.248. The molecule has 0 aliphatic carbocycles. The number of hydrogen-bond acceptors (Lipinski definition) is 6. The zero-order valence-corrected chi connectivity index (χ0v) is 16.3. The van der Waals surface area contributed by atoms with Crippen molar-refractivity contribution >= 4 is 29.1 Å². The SMILES string of the molecule is CC(C)[C@@H](CO)Nc1nc(Nc2cc(Cl)ccc2F)cc(-c2ccncc2)n1. The number of aromatic nitrogens is 3. The van der Waals surface area contributed by atoms with Crippen LogP contribution in [0.25, 0.3) is 11.3 Å². The maximum Gasteiger partial charge on any atom is 0.225 e. The van der Waals surface area contributed by atoms with Gasteiger partial charge in [-0.05, 0) is 36.2 Å². The first-order valence-corrected chi connectivity index (χ1v) is 9.23. The van der Waals surface area contributed by atoms with Crippen molar-refractivity contribution in [3.05, 3.63) is 59.6 Å². The van der Waals surface area contributed by atoms with E-state index in [0.29, 0.717) is 22.5 Å². The highest BCUT2D eigenvalue weighted by atomic mass is 35.5. The molecule has 3 aromatic rings. The largest absolute Gasteiger partial charge is 0.394 e. The van der Waals surface area contributed by atoms with Crippen molar-refractivity contribution in [1.82, 2.24) is 15.0 Å². The average molecular weight is 402 g/mol. The molecule has 1 aromatic carbocycles. The van der Waals surface area contributed by atoms with E-state index in [1.54, 1.807) is 18.5 Å². The first kappa shape index (κ1) is 20.0. The Morgan fingerprint density at radius 2 is 1.86 bits per heavy atom. The van der Waals surface area contributed by atoms with E-state index in [-0.39, 0.29) is 24.3 Å². The zero-order valence-electron chi connectivity index (χ0n) is 15.5. The fourth-order valence-corrected chi connectivity index (χ4v) is 2.74. The van der Waals surface area contributed by atoms with E-state index in [1.807, 2.05) is 26.0 Å². The molecule has 0 aliphatic rings. The molecule has 8 heteroatoms. The molecule has 0 bridgehead atoms. The Bertz CT molecular complexity index is 939. The third kappa shape index (κ3) is 4.94. The summed E-state index contributed by atoms with van der Waals surface area (Å²) in [4.78, 5) is 13.0. The number of anilines is 3. The quantitative estimate of drug-likeness (QED) is 0.540. The lowest BCUT2D eigenvalue weighted by Gasteiger charge is -2.20. The number of nitrogens with one attached hydrogen (secondary N) is 2. The summed E-state index contributed by atoms with van der Waals surface area (Å²) in [6.45, 7) is 3.91. The Balaban J connectivity index is 2.00. The minimum atomic E-state index is -0.446.